The van der Waals surface area contributed by atoms with Gasteiger partial charge in [0, 0.05) is 32.7 Å². The van der Waals surface area contributed by atoms with Crippen molar-refractivity contribution in [2.75, 3.05) is 26.7 Å². The molecule has 0 aromatic heterocycles. The highest BCUT2D eigenvalue weighted by atomic mass is 127. The number of halogens is 2. The molecule has 0 radical (unpaired) electrons. The molecule has 0 fully saturated rings. The molecular weight excluding hydrogens is 528 g/mol. The fourth-order valence-corrected chi connectivity index (χ4v) is 2.68. The maximum absolute atomic E-state index is 13.7. The number of carbonyl (C=O) groups is 2. The molecule has 0 spiro atoms. The Morgan fingerprint density at radius 3 is 2.38 bits per heavy atom. The summed E-state index contributed by atoms with van der Waals surface area (Å²) in [6, 6.07) is 5.81. The lowest BCUT2D eigenvalue weighted by molar-refractivity contribution is 0.0522. The van der Waals surface area contributed by atoms with Crippen molar-refractivity contribution in [1.82, 2.24) is 21.3 Å². The van der Waals surface area contributed by atoms with Gasteiger partial charge in [0.1, 0.15) is 11.4 Å². The van der Waals surface area contributed by atoms with Gasteiger partial charge in [-0.2, -0.15) is 0 Å². The van der Waals surface area contributed by atoms with Crippen molar-refractivity contribution in [2.24, 2.45) is 4.99 Å². The largest absolute Gasteiger partial charge is 0.444 e. The Morgan fingerprint density at radius 2 is 1.78 bits per heavy atom. The smallest absolute Gasteiger partial charge is 0.407 e. The van der Waals surface area contributed by atoms with Gasteiger partial charge in [0.2, 0.25) is 0 Å². The van der Waals surface area contributed by atoms with Crippen LogP contribution < -0.4 is 21.3 Å². The topological polar surface area (TPSA) is 104 Å². The molecule has 8 nitrogen and oxygen atoms in total. The molecule has 1 aromatic carbocycles. The molecule has 1 aromatic rings. The number of amides is 2. The van der Waals surface area contributed by atoms with Crippen LogP contribution in [0.2, 0.25) is 0 Å². The number of guanidine groups is 1. The molecule has 182 valence electrons. The van der Waals surface area contributed by atoms with Gasteiger partial charge in [-0.1, -0.05) is 31.9 Å². The lowest BCUT2D eigenvalue weighted by Gasteiger charge is -2.24. The second-order valence-corrected chi connectivity index (χ2v) is 8.10. The van der Waals surface area contributed by atoms with Gasteiger partial charge in [0.05, 0.1) is 5.56 Å². The maximum Gasteiger partial charge on any atom is 0.407 e. The Bertz CT molecular complexity index is 741. The molecule has 10 heteroatoms. The van der Waals surface area contributed by atoms with Crippen LogP contribution in [0.25, 0.3) is 0 Å². The first kappa shape index (κ1) is 29.9. The van der Waals surface area contributed by atoms with Crippen LogP contribution in [-0.2, 0) is 4.74 Å². The van der Waals surface area contributed by atoms with Gasteiger partial charge in [-0.15, -0.1) is 24.0 Å². The van der Waals surface area contributed by atoms with Crippen LogP contribution in [0.4, 0.5) is 9.18 Å². The number of carbonyl (C=O) groups excluding carboxylic acids is 2. The number of unbranched alkanes of at least 4 members (excludes halogenated alkanes) is 1. The highest BCUT2D eigenvalue weighted by molar-refractivity contribution is 14.0. The number of alkyl carbamates (subject to hydrolysis) is 1. The summed E-state index contributed by atoms with van der Waals surface area (Å²) < 4.78 is 18.9. The summed E-state index contributed by atoms with van der Waals surface area (Å²) in [6.45, 7) is 8.63. The first-order chi connectivity index (χ1) is 14.7. The van der Waals surface area contributed by atoms with Crippen molar-refractivity contribution in [1.29, 1.82) is 0 Å². The summed E-state index contributed by atoms with van der Waals surface area (Å²) in [5.41, 5.74) is -0.543. The van der Waals surface area contributed by atoms with Crippen LogP contribution in [0.5, 0.6) is 0 Å². The van der Waals surface area contributed by atoms with Gasteiger partial charge in [-0.3, -0.25) is 9.79 Å². The zero-order valence-electron chi connectivity index (χ0n) is 19.6. The summed E-state index contributed by atoms with van der Waals surface area (Å²) in [6.07, 6.45) is 2.40. The van der Waals surface area contributed by atoms with E-state index in [0.717, 1.165) is 19.3 Å². The van der Waals surface area contributed by atoms with Crippen molar-refractivity contribution < 1.29 is 18.7 Å². The second-order valence-electron chi connectivity index (χ2n) is 8.10. The van der Waals surface area contributed by atoms with E-state index in [9.17, 15) is 14.0 Å². The minimum atomic E-state index is -0.554. The Labute approximate surface area is 207 Å². The van der Waals surface area contributed by atoms with Crippen LogP contribution in [0.3, 0.4) is 0 Å². The number of nitrogens with one attached hydrogen (secondary N) is 4. The van der Waals surface area contributed by atoms with E-state index in [2.05, 4.69) is 33.2 Å². The van der Waals surface area contributed by atoms with E-state index >= 15 is 0 Å². The molecule has 4 N–H and O–H groups in total. The summed E-state index contributed by atoms with van der Waals surface area (Å²) in [5, 5.41) is 11.8. The van der Waals surface area contributed by atoms with Gasteiger partial charge in [0.25, 0.3) is 5.91 Å². The van der Waals surface area contributed by atoms with Gasteiger partial charge >= 0.3 is 6.09 Å². The van der Waals surface area contributed by atoms with Gasteiger partial charge < -0.3 is 26.0 Å². The zero-order chi connectivity index (χ0) is 23.3. The number of rotatable bonds is 10. The molecule has 1 atom stereocenters. The lowest BCUT2D eigenvalue weighted by atomic mass is 10.1. The van der Waals surface area contributed by atoms with Crippen molar-refractivity contribution in [3.8, 4) is 0 Å². The number of aliphatic imine (C=N–C) groups is 1. The minimum Gasteiger partial charge on any atom is -0.444 e. The predicted molar refractivity (Wildman–Crippen MR) is 136 cm³/mol. The average Bonchev–Trinajstić information content (AvgIpc) is 2.70. The quantitative estimate of drug-likeness (QED) is 0.151. The van der Waals surface area contributed by atoms with E-state index in [0.29, 0.717) is 25.6 Å². The van der Waals surface area contributed by atoms with Crippen LogP contribution in [0.1, 0.15) is 57.3 Å². The third-order valence-corrected chi connectivity index (χ3v) is 4.18. The van der Waals surface area contributed by atoms with Crippen molar-refractivity contribution >= 4 is 41.9 Å². The Kier molecular flexibility index (Phi) is 14.6. The third-order valence-electron chi connectivity index (χ3n) is 4.18. The fraction of sp³-hybridized carbons (Fsp3) is 0.591. The van der Waals surface area contributed by atoms with E-state index < -0.39 is 23.4 Å². The lowest BCUT2D eigenvalue weighted by Crippen LogP contribution is -2.50. The highest BCUT2D eigenvalue weighted by Gasteiger charge is 2.18. The first-order valence-electron chi connectivity index (χ1n) is 10.6. The Morgan fingerprint density at radius 1 is 1.12 bits per heavy atom. The van der Waals surface area contributed by atoms with E-state index in [4.69, 9.17) is 4.74 Å². The average molecular weight is 565 g/mol. The summed E-state index contributed by atoms with van der Waals surface area (Å²) in [4.78, 5) is 28.2. The van der Waals surface area contributed by atoms with Gasteiger partial charge in [-0.05, 0) is 39.3 Å². The number of hydrogen-bond acceptors (Lipinski definition) is 4. The molecule has 2 amide bonds. The Hall–Kier alpha value is -2.11. The molecule has 0 heterocycles. The second kappa shape index (κ2) is 15.7. The first-order valence-corrected chi connectivity index (χ1v) is 10.6. The molecule has 0 aliphatic heterocycles. The highest BCUT2D eigenvalue weighted by Crippen LogP contribution is 2.07. The molecule has 0 saturated carbocycles. The summed E-state index contributed by atoms with van der Waals surface area (Å²) in [5.74, 6) is -0.473. The number of benzene rings is 1. The van der Waals surface area contributed by atoms with Crippen LogP contribution in [-0.4, -0.2) is 56.3 Å². The summed E-state index contributed by atoms with van der Waals surface area (Å²) >= 11 is 0. The van der Waals surface area contributed by atoms with Crippen LogP contribution in [0, 0.1) is 5.82 Å². The normalized spacial score (nSPS) is 12.2. The van der Waals surface area contributed by atoms with Crippen molar-refractivity contribution in [3.05, 3.63) is 35.6 Å². The fourth-order valence-electron chi connectivity index (χ4n) is 2.68. The maximum atomic E-state index is 13.7. The van der Waals surface area contributed by atoms with E-state index in [1.165, 1.54) is 18.2 Å². The molecule has 1 unspecified atom stereocenters. The van der Waals surface area contributed by atoms with E-state index in [1.54, 1.807) is 13.1 Å². The number of nitrogens with zero attached hydrogens (tertiary/aromatic N) is 1. The van der Waals surface area contributed by atoms with Crippen LogP contribution in [0.15, 0.2) is 29.3 Å². The monoisotopic (exact) mass is 565 g/mol. The van der Waals surface area contributed by atoms with Gasteiger partial charge in [-0.25, -0.2) is 9.18 Å². The van der Waals surface area contributed by atoms with E-state index in [1.807, 2.05) is 20.8 Å². The Balaban J connectivity index is 0.00000961. The zero-order valence-corrected chi connectivity index (χ0v) is 21.9. The summed E-state index contributed by atoms with van der Waals surface area (Å²) in [7, 11) is 1.64. The minimum absolute atomic E-state index is 0. The molecule has 0 aliphatic rings. The molecule has 1 rings (SSSR count). The molecule has 0 saturated heterocycles. The standard InChI is InChI=1S/C22H36FN5O3.HI/c1-6-7-10-16(15-27-21(30)31-22(2,3)4)28-20(24-5)26-14-13-25-19(29)17-11-8-9-12-18(17)23;/h8-9,11-12,16H,6-7,10,13-15H2,1-5H3,(H,25,29)(H,27,30)(H2,24,26,28);1H. The predicted octanol–water partition coefficient (Wildman–Crippen LogP) is 3.42. The number of ether oxygens (including phenoxy) is 1. The third kappa shape index (κ3) is 12.7. The van der Waals surface area contributed by atoms with Gasteiger partial charge in [0.15, 0.2) is 5.96 Å². The molecule has 32 heavy (non-hydrogen) atoms. The van der Waals surface area contributed by atoms with E-state index in [-0.39, 0.29) is 35.6 Å². The van der Waals surface area contributed by atoms with Crippen LogP contribution >= 0.6 is 24.0 Å². The molecular formula is C22H37FIN5O3. The SMILES string of the molecule is CCCCC(CNC(=O)OC(C)(C)C)NC(=NC)NCCNC(=O)c1ccccc1F.I. The van der Waals surface area contributed by atoms with Crippen molar-refractivity contribution in [2.45, 2.75) is 58.6 Å². The molecule has 0 bridgehead atoms. The molecule has 0 aliphatic carbocycles. The number of hydrogen-bond donors (Lipinski definition) is 4. The van der Waals surface area contributed by atoms with Crippen molar-refractivity contribution in [3.63, 3.8) is 0 Å².